The molecule has 0 aliphatic heterocycles. The first-order valence-corrected chi connectivity index (χ1v) is 0. The molecule has 0 amide bonds. The van der Waals surface area contributed by atoms with E-state index >= 15 is 0 Å². The van der Waals surface area contributed by atoms with E-state index in [0.717, 1.165) is 0 Å². The molecule has 0 aromatic rings. The maximum absolute atomic E-state index is 0. The molecule has 0 atom stereocenters. The molecule has 1 nitrogen and oxygen atoms in total. The summed E-state index contributed by atoms with van der Waals surface area (Å²) < 4.78 is 0. The van der Waals surface area contributed by atoms with Crippen LogP contribution >= 0.6 is 0 Å². The number of hydrogen-bond acceptors (Lipinski definition) is 0. The van der Waals surface area contributed by atoms with Crippen LogP contribution in [0.15, 0.2) is 0 Å². The third-order valence-electron chi connectivity index (χ3n) is 0. The van der Waals surface area contributed by atoms with Crippen molar-refractivity contribution in [2.24, 2.45) is 0 Å². The minimum Gasteiger partial charge on any atom is 0 e. The largest absolute Gasteiger partial charge is 0 e. The molecule has 0 aromatic heterocycles. The van der Waals surface area contributed by atoms with Crippen molar-refractivity contribution in [3.63, 3.8) is 0 Å². The molecule has 0 radical (unpaired) electrons. The second kappa shape index (κ2) is 25.1. The van der Waals surface area contributed by atoms with Crippen LogP contribution in [0.25, 0.3) is 0 Å². The Morgan fingerprint density at radius 1 is 1.00 bits per heavy atom. The van der Waals surface area contributed by atoms with Crippen molar-refractivity contribution in [1.29, 1.82) is 0 Å². The number of rotatable bonds is 0. The van der Waals surface area contributed by atoms with Gasteiger partial charge in [0.25, 0.3) is 0 Å². The van der Waals surface area contributed by atoms with E-state index in [9.17, 15) is 0 Å². The fourth-order valence-electron chi connectivity index (χ4n) is 0. The van der Waals surface area contributed by atoms with Crippen LogP contribution in [-0.4, -0.2) is 43.2 Å². The van der Waals surface area contributed by atoms with Gasteiger partial charge in [-0.3, -0.25) is 0 Å². The third kappa shape index (κ3) is 18.2. The molecule has 0 saturated carbocycles. The zero-order chi connectivity index (χ0) is 0. The van der Waals surface area contributed by atoms with Crippen molar-refractivity contribution in [2.45, 2.75) is 0 Å². The van der Waals surface area contributed by atoms with E-state index in [-0.39, 0.29) is 122 Å². The van der Waals surface area contributed by atoms with E-state index in [1.165, 1.54) is 0 Å². The predicted octanol–water partition coefficient (Wildman–Crippen LogP) is -1.75. The SMILES string of the molecule is O.[CaH2].[Ni].[Sm].[Ti]. The fraction of sp³-hybridized carbons (Fsp3) is 0. The molecule has 32 valence electrons. The normalized spacial score (nSPS) is 0. The molecule has 0 bridgehead atoms. The summed E-state index contributed by atoms with van der Waals surface area (Å²) in [4.78, 5) is 0. The van der Waals surface area contributed by atoms with Gasteiger partial charge in [-0.15, -0.1) is 0 Å². The average Bonchev–Trinajstić information content (AvgIpc) is 0. The third-order valence-corrected chi connectivity index (χ3v) is 0. The maximum Gasteiger partial charge on any atom is 0 e. The summed E-state index contributed by atoms with van der Waals surface area (Å²) in [6.07, 6.45) is 0. The summed E-state index contributed by atoms with van der Waals surface area (Å²) in [6.45, 7) is 0. The standard InChI is InChI=1S/Ca.Ni.H2O.Sm.Ti.2H/h;;1H2;;;;. The summed E-state index contributed by atoms with van der Waals surface area (Å²) in [5, 5.41) is 0. The second-order valence-corrected chi connectivity index (χ2v) is 0. The van der Waals surface area contributed by atoms with Crippen LogP contribution in [0.2, 0.25) is 0 Å². The Hall–Kier alpha value is 3.77. The summed E-state index contributed by atoms with van der Waals surface area (Å²) in [7, 11) is 0. The zero-order valence-corrected chi connectivity index (χ0v) is 6.89. The molecule has 5 heavy (non-hydrogen) atoms. The number of hydrogen-bond donors (Lipinski definition) is 0. The van der Waals surface area contributed by atoms with Gasteiger partial charge in [-0.1, -0.05) is 0 Å². The van der Waals surface area contributed by atoms with E-state index in [2.05, 4.69) is 0 Å². The Labute approximate surface area is 119 Å². The molecule has 0 rings (SSSR count). The van der Waals surface area contributed by atoms with Gasteiger partial charge < -0.3 is 5.48 Å². The van der Waals surface area contributed by atoms with Gasteiger partial charge >= 0.3 is 37.7 Å². The van der Waals surface area contributed by atoms with Crippen LogP contribution in [0.4, 0.5) is 0 Å². The van der Waals surface area contributed by atoms with Gasteiger partial charge in [-0.25, -0.2) is 0 Å². The molecule has 0 unspecified atom stereocenters. The van der Waals surface area contributed by atoms with Crippen molar-refractivity contribution >= 4 is 37.7 Å². The first kappa shape index (κ1) is 37.3. The van der Waals surface area contributed by atoms with Gasteiger partial charge in [0.15, 0.2) is 0 Å². The van der Waals surface area contributed by atoms with Crippen LogP contribution < -0.4 is 0 Å². The van der Waals surface area contributed by atoms with Crippen LogP contribution in [0.1, 0.15) is 0 Å². The molecule has 0 aliphatic carbocycles. The van der Waals surface area contributed by atoms with Crippen molar-refractivity contribution in [3.05, 3.63) is 0 Å². The second-order valence-electron chi connectivity index (χ2n) is 0. The zero-order valence-electron chi connectivity index (χ0n) is 1.72. The monoisotopic (exact) mass is 318 g/mol. The van der Waals surface area contributed by atoms with Gasteiger partial charge in [0.2, 0.25) is 0 Å². The van der Waals surface area contributed by atoms with E-state index in [0.29, 0.717) is 0 Å². The topological polar surface area (TPSA) is 31.5 Å². The Kier molecular flexibility index (Phi) is 187. The van der Waals surface area contributed by atoms with Gasteiger partial charge in [0.05, 0.1) is 0 Å². The fourth-order valence-corrected chi connectivity index (χ4v) is 0. The van der Waals surface area contributed by atoms with Crippen molar-refractivity contribution in [2.75, 3.05) is 0 Å². The molecule has 0 aromatic carbocycles. The quantitative estimate of drug-likeness (QED) is 0.475. The van der Waals surface area contributed by atoms with Crippen molar-refractivity contribution < 1.29 is 84.1 Å². The average molecular weight is 317 g/mol. The van der Waals surface area contributed by atoms with Gasteiger partial charge in [0, 0.05) is 78.6 Å². The molecule has 0 aliphatic rings. The first-order chi connectivity index (χ1) is 0. The Morgan fingerprint density at radius 2 is 1.00 bits per heavy atom. The van der Waals surface area contributed by atoms with E-state index < -0.39 is 0 Å². The molecule has 0 fully saturated rings. The molecule has 0 spiro atoms. The van der Waals surface area contributed by atoms with Gasteiger partial charge in [-0.2, -0.15) is 0 Å². The molecular formula is H4CaNiOSmTi. The van der Waals surface area contributed by atoms with Crippen LogP contribution in [-0.2, 0) is 38.2 Å². The van der Waals surface area contributed by atoms with Gasteiger partial charge in [0.1, 0.15) is 0 Å². The molecule has 0 heterocycles. The Morgan fingerprint density at radius 3 is 1.00 bits per heavy atom. The van der Waals surface area contributed by atoms with Crippen LogP contribution in [0.5, 0.6) is 0 Å². The van der Waals surface area contributed by atoms with E-state index in [1.807, 2.05) is 0 Å². The smallest absolute Gasteiger partial charge is 0 e. The van der Waals surface area contributed by atoms with E-state index in [1.54, 1.807) is 0 Å². The summed E-state index contributed by atoms with van der Waals surface area (Å²) in [6, 6.07) is 0. The first-order valence-electron chi connectivity index (χ1n) is 0. The summed E-state index contributed by atoms with van der Waals surface area (Å²) in [5.74, 6) is 0. The molecule has 0 saturated heterocycles. The molecule has 5 heteroatoms. The minimum absolute atomic E-state index is 0. The van der Waals surface area contributed by atoms with Crippen molar-refractivity contribution in [3.8, 4) is 0 Å². The summed E-state index contributed by atoms with van der Waals surface area (Å²) >= 11 is 0. The Balaban J connectivity index is 0. The maximum atomic E-state index is 0. The Bertz CT molecular complexity index is 11.6. The van der Waals surface area contributed by atoms with Gasteiger partial charge in [-0.05, 0) is 0 Å². The van der Waals surface area contributed by atoms with E-state index in [4.69, 9.17) is 0 Å². The minimum atomic E-state index is 0. The molecular weight excluding hydrogens is 313 g/mol. The molecule has 2 N–H and O–H groups in total. The van der Waals surface area contributed by atoms with Crippen molar-refractivity contribution in [1.82, 2.24) is 0 Å². The van der Waals surface area contributed by atoms with Crippen LogP contribution in [0.3, 0.4) is 0 Å². The predicted molar refractivity (Wildman–Crippen MR) is 12.2 cm³/mol. The summed E-state index contributed by atoms with van der Waals surface area (Å²) in [5.41, 5.74) is 0. The van der Waals surface area contributed by atoms with Crippen LogP contribution in [0, 0.1) is 40.4 Å².